The van der Waals surface area contributed by atoms with Crippen LogP contribution in [0.3, 0.4) is 0 Å². The molecule has 0 amide bonds. The third-order valence-electron chi connectivity index (χ3n) is 3.44. The van der Waals surface area contributed by atoms with E-state index in [-0.39, 0.29) is 18.7 Å². The molecule has 2 heterocycles. The minimum Gasteiger partial charge on any atom is -0.395 e. The van der Waals surface area contributed by atoms with Gasteiger partial charge >= 0.3 is 0 Å². The highest BCUT2D eigenvalue weighted by molar-refractivity contribution is 4.93. The van der Waals surface area contributed by atoms with Crippen molar-refractivity contribution in [2.45, 2.75) is 44.9 Å². The molecule has 0 radical (unpaired) electrons. The summed E-state index contributed by atoms with van der Waals surface area (Å²) in [5.74, 6) is 0.957. The molecule has 3 N–H and O–H groups in total. The molecule has 1 aliphatic rings. The van der Waals surface area contributed by atoms with Crippen LogP contribution in [0.15, 0.2) is 6.33 Å². The second-order valence-electron chi connectivity index (χ2n) is 4.61. The number of aromatic nitrogens is 3. The van der Waals surface area contributed by atoms with E-state index in [1.807, 2.05) is 0 Å². The zero-order chi connectivity index (χ0) is 12.3. The Morgan fingerprint density at radius 3 is 3.06 bits per heavy atom. The minimum absolute atomic E-state index is 0.0273. The van der Waals surface area contributed by atoms with E-state index in [0.717, 1.165) is 38.3 Å². The van der Waals surface area contributed by atoms with E-state index in [1.54, 1.807) is 6.33 Å². The second-order valence-corrected chi connectivity index (χ2v) is 4.61. The number of aliphatic hydroxyl groups excluding tert-OH is 1. The van der Waals surface area contributed by atoms with Crippen LogP contribution in [0, 0.1) is 0 Å². The maximum absolute atomic E-state index is 9.51. The molecule has 0 saturated carbocycles. The zero-order valence-corrected chi connectivity index (χ0v) is 10.3. The van der Waals surface area contributed by atoms with Gasteiger partial charge in [0.2, 0.25) is 0 Å². The third-order valence-corrected chi connectivity index (χ3v) is 3.44. The van der Waals surface area contributed by atoms with E-state index in [4.69, 9.17) is 5.73 Å². The van der Waals surface area contributed by atoms with E-state index in [0.29, 0.717) is 0 Å². The highest BCUT2D eigenvalue weighted by Crippen LogP contribution is 2.15. The van der Waals surface area contributed by atoms with Crippen molar-refractivity contribution in [3.8, 4) is 0 Å². The fraction of sp³-hybridized carbons (Fsp3) is 0.818. The van der Waals surface area contributed by atoms with Crippen LogP contribution < -0.4 is 5.73 Å². The van der Waals surface area contributed by atoms with Gasteiger partial charge in [0.25, 0.3) is 0 Å². The van der Waals surface area contributed by atoms with Crippen LogP contribution in [0.25, 0.3) is 0 Å². The number of aliphatic hydroxyl groups is 1. The van der Waals surface area contributed by atoms with Gasteiger partial charge in [-0.15, -0.1) is 10.2 Å². The summed E-state index contributed by atoms with van der Waals surface area (Å²) in [4.78, 5) is 2.21. The summed E-state index contributed by atoms with van der Waals surface area (Å²) in [6.07, 6.45) is 3.74. The fourth-order valence-electron chi connectivity index (χ4n) is 2.42. The average Bonchev–Trinajstić information content (AvgIpc) is 2.77. The molecule has 2 atom stereocenters. The Labute approximate surface area is 101 Å². The van der Waals surface area contributed by atoms with Gasteiger partial charge in [-0.05, 0) is 6.42 Å². The van der Waals surface area contributed by atoms with E-state index in [1.165, 1.54) is 0 Å². The smallest absolute Gasteiger partial charge is 0.147 e. The second kappa shape index (κ2) is 5.57. The van der Waals surface area contributed by atoms with Crippen LogP contribution in [-0.4, -0.2) is 50.0 Å². The minimum atomic E-state index is 0.0273. The van der Waals surface area contributed by atoms with Gasteiger partial charge in [-0.2, -0.15) is 0 Å². The first kappa shape index (κ1) is 12.5. The molecule has 0 bridgehead atoms. The van der Waals surface area contributed by atoms with Crippen molar-refractivity contribution in [3.05, 3.63) is 12.2 Å². The molecule has 0 aliphatic carbocycles. The Hall–Kier alpha value is -0.980. The first-order valence-corrected chi connectivity index (χ1v) is 6.23. The highest BCUT2D eigenvalue weighted by atomic mass is 16.3. The van der Waals surface area contributed by atoms with Crippen LogP contribution >= 0.6 is 0 Å². The Morgan fingerprint density at radius 2 is 2.35 bits per heavy atom. The predicted molar refractivity (Wildman–Crippen MR) is 64.2 cm³/mol. The number of rotatable bonds is 5. The summed E-state index contributed by atoms with van der Waals surface area (Å²) in [7, 11) is 0. The van der Waals surface area contributed by atoms with Crippen molar-refractivity contribution < 1.29 is 5.11 Å². The van der Waals surface area contributed by atoms with Crippen molar-refractivity contribution in [1.82, 2.24) is 19.7 Å². The van der Waals surface area contributed by atoms with Crippen LogP contribution in [0.5, 0.6) is 0 Å². The summed E-state index contributed by atoms with van der Waals surface area (Å²) in [6.45, 7) is 4.71. The van der Waals surface area contributed by atoms with Crippen molar-refractivity contribution in [2.24, 2.45) is 5.73 Å². The quantitative estimate of drug-likeness (QED) is 0.729. The Morgan fingerprint density at radius 1 is 1.53 bits per heavy atom. The van der Waals surface area contributed by atoms with Crippen molar-refractivity contribution >= 4 is 0 Å². The summed E-state index contributed by atoms with van der Waals surface area (Å²) < 4.78 is 2.05. The molecule has 2 rings (SSSR count). The summed E-state index contributed by atoms with van der Waals surface area (Å²) >= 11 is 0. The summed E-state index contributed by atoms with van der Waals surface area (Å²) in [5.41, 5.74) is 6.12. The van der Waals surface area contributed by atoms with Gasteiger partial charge in [-0.25, -0.2) is 0 Å². The topological polar surface area (TPSA) is 80.2 Å². The molecule has 1 aromatic rings. The molecule has 17 heavy (non-hydrogen) atoms. The Balaban J connectivity index is 2.02. The largest absolute Gasteiger partial charge is 0.395 e. The van der Waals surface area contributed by atoms with Gasteiger partial charge in [0.05, 0.1) is 13.2 Å². The van der Waals surface area contributed by atoms with Gasteiger partial charge in [0.1, 0.15) is 12.2 Å². The number of nitrogens with zero attached hydrogens (tertiary/aromatic N) is 4. The standard InChI is InChI=1S/C11H21N5O/c1-2-3-9(12)10(7-17)15-4-5-16-8-13-14-11(16)6-15/h8-10,17H,2-7,12H2,1H3. The van der Waals surface area contributed by atoms with Gasteiger partial charge in [0, 0.05) is 25.2 Å². The van der Waals surface area contributed by atoms with Gasteiger partial charge in [-0.3, -0.25) is 4.90 Å². The number of hydrogen-bond donors (Lipinski definition) is 2. The summed E-state index contributed by atoms with van der Waals surface area (Å²) in [6, 6.07) is 0.0554. The molecule has 1 aliphatic heterocycles. The van der Waals surface area contributed by atoms with Crippen molar-refractivity contribution in [2.75, 3.05) is 13.2 Å². The molecule has 0 spiro atoms. The molecular formula is C11H21N5O. The lowest BCUT2D eigenvalue weighted by Crippen LogP contribution is -2.52. The van der Waals surface area contributed by atoms with Crippen LogP contribution in [0.1, 0.15) is 25.6 Å². The van der Waals surface area contributed by atoms with Gasteiger partial charge < -0.3 is 15.4 Å². The third kappa shape index (κ3) is 2.65. The highest BCUT2D eigenvalue weighted by Gasteiger charge is 2.27. The van der Waals surface area contributed by atoms with E-state index < -0.39 is 0 Å². The first-order chi connectivity index (χ1) is 8.26. The Kier molecular flexibility index (Phi) is 4.09. The molecule has 6 nitrogen and oxygen atoms in total. The van der Waals surface area contributed by atoms with E-state index >= 15 is 0 Å². The Bertz CT molecular complexity index is 353. The molecular weight excluding hydrogens is 218 g/mol. The molecule has 1 aromatic heterocycles. The first-order valence-electron chi connectivity index (χ1n) is 6.23. The van der Waals surface area contributed by atoms with E-state index in [9.17, 15) is 5.11 Å². The van der Waals surface area contributed by atoms with Crippen LogP contribution in [0.4, 0.5) is 0 Å². The fourth-order valence-corrected chi connectivity index (χ4v) is 2.42. The number of fused-ring (bicyclic) bond motifs is 1. The van der Waals surface area contributed by atoms with Crippen LogP contribution in [-0.2, 0) is 13.1 Å². The maximum Gasteiger partial charge on any atom is 0.147 e. The lowest BCUT2D eigenvalue weighted by atomic mass is 10.0. The lowest BCUT2D eigenvalue weighted by molar-refractivity contribution is 0.0774. The monoisotopic (exact) mass is 239 g/mol. The van der Waals surface area contributed by atoms with Crippen molar-refractivity contribution in [1.29, 1.82) is 0 Å². The normalized spacial score (nSPS) is 19.9. The molecule has 0 aromatic carbocycles. The SMILES string of the molecule is CCCC(N)C(CO)N1CCn2cnnc2C1. The van der Waals surface area contributed by atoms with Crippen molar-refractivity contribution in [3.63, 3.8) is 0 Å². The molecule has 0 fully saturated rings. The van der Waals surface area contributed by atoms with Gasteiger partial charge in [0.15, 0.2) is 0 Å². The van der Waals surface area contributed by atoms with Crippen LogP contribution in [0.2, 0.25) is 0 Å². The molecule has 96 valence electrons. The molecule has 2 unspecified atom stereocenters. The average molecular weight is 239 g/mol. The number of nitrogens with two attached hydrogens (primary N) is 1. The predicted octanol–water partition coefficient (Wildman–Crippen LogP) is -0.418. The number of hydrogen-bond acceptors (Lipinski definition) is 5. The maximum atomic E-state index is 9.51. The lowest BCUT2D eigenvalue weighted by Gasteiger charge is -2.36. The zero-order valence-electron chi connectivity index (χ0n) is 10.3. The molecule has 6 heteroatoms. The van der Waals surface area contributed by atoms with E-state index in [2.05, 4.69) is 26.6 Å². The summed E-state index contributed by atoms with van der Waals surface area (Å²) in [5, 5.41) is 17.5. The molecule has 0 saturated heterocycles. The van der Waals surface area contributed by atoms with Gasteiger partial charge in [-0.1, -0.05) is 13.3 Å².